The second-order valence-corrected chi connectivity index (χ2v) is 23.9. The number of hydrogen-bond acceptors (Lipinski definition) is 0. The van der Waals surface area contributed by atoms with Crippen molar-refractivity contribution in [2.24, 2.45) is 0 Å². The molecule has 0 nitrogen and oxygen atoms in total. The van der Waals surface area contributed by atoms with Crippen LogP contribution in [0.5, 0.6) is 0 Å². The van der Waals surface area contributed by atoms with Gasteiger partial charge in [-0.1, -0.05) is 188 Å². The molecule has 0 heteroatoms. The predicted molar refractivity (Wildman–Crippen MR) is 277 cm³/mol. The minimum atomic E-state index is -0.194. The third kappa shape index (κ3) is 5.93. The molecule has 0 fully saturated rings. The lowest BCUT2D eigenvalue weighted by atomic mass is 9.76. The topological polar surface area (TPSA) is 0 Å². The van der Waals surface area contributed by atoms with Gasteiger partial charge in [-0.05, 0) is 183 Å². The standard InChI is InChI=1S/C63H62/c1-59(2,3)43-25-36-16-18-41-33-53(62(10,11)12)56(48-24-21-38(27-43)54(36)57(41)48)40-20-23-47-46-22-19-35(31-51(46)63(13,14)52(47)32-40)49-30-42-29-44(60(4,5)6)26-37-15-17-39-28-45(61(7,8)9)34-50(49)58(39)55(37)42/h15-34H,1-14H3. The molecule has 0 aromatic heterocycles. The van der Waals surface area contributed by atoms with E-state index in [9.17, 15) is 0 Å². The maximum atomic E-state index is 2.55. The van der Waals surface area contributed by atoms with Gasteiger partial charge in [-0.3, -0.25) is 0 Å². The van der Waals surface area contributed by atoms with Crippen LogP contribution in [-0.4, -0.2) is 0 Å². The lowest BCUT2D eigenvalue weighted by molar-refractivity contribution is 0.591. The normalized spacial score (nSPS) is 14.6. The molecule has 0 amide bonds. The summed E-state index contributed by atoms with van der Waals surface area (Å²) in [6.45, 7) is 33.0. The molecule has 10 aromatic rings. The van der Waals surface area contributed by atoms with Gasteiger partial charge in [-0.15, -0.1) is 0 Å². The van der Waals surface area contributed by atoms with Crippen molar-refractivity contribution in [3.8, 4) is 33.4 Å². The number of fused-ring (bicyclic) bond motifs is 3. The van der Waals surface area contributed by atoms with E-state index in [1.807, 2.05) is 0 Å². The van der Waals surface area contributed by atoms with Crippen LogP contribution in [0.1, 0.15) is 130 Å². The van der Waals surface area contributed by atoms with E-state index in [-0.39, 0.29) is 27.1 Å². The van der Waals surface area contributed by atoms with Gasteiger partial charge >= 0.3 is 0 Å². The molecule has 0 heterocycles. The fraction of sp³-hybridized carbons (Fsp3) is 0.302. The van der Waals surface area contributed by atoms with Crippen LogP contribution in [0.25, 0.3) is 98.0 Å². The van der Waals surface area contributed by atoms with Crippen LogP contribution >= 0.6 is 0 Å². The first-order valence-electron chi connectivity index (χ1n) is 23.3. The molecule has 0 saturated heterocycles. The molecule has 1 aliphatic carbocycles. The second-order valence-electron chi connectivity index (χ2n) is 23.9. The summed E-state index contributed by atoms with van der Waals surface area (Å²) in [6.07, 6.45) is 0. The van der Waals surface area contributed by atoms with Gasteiger partial charge in [0.05, 0.1) is 0 Å². The lowest BCUT2D eigenvalue weighted by Crippen LogP contribution is -2.16. The molecule has 0 aliphatic heterocycles. The molecule has 0 unspecified atom stereocenters. The Labute approximate surface area is 375 Å². The van der Waals surface area contributed by atoms with E-state index in [2.05, 4.69) is 218 Å². The number of rotatable bonds is 2. The maximum Gasteiger partial charge on any atom is 0.0159 e. The monoisotopic (exact) mass is 818 g/mol. The van der Waals surface area contributed by atoms with Crippen LogP contribution in [0, 0.1) is 0 Å². The first-order valence-corrected chi connectivity index (χ1v) is 23.3. The predicted octanol–water partition coefficient (Wildman–Crippen LogP) is 18.3. The van der Waals surface area contributed by atoms with E-state index < -0.39 is 0 Å². The summed E-state index contributed by atoms with van der Waals surface area (Å²) in [6, 6.07) is 48.7. The molecule has 0 spiro atoms. The van der Waals surface area contributed by atoms with Crippen LogP contribution in [-0.2, 0) is 27.1 Å². The molecule has 0 atom stereocenters. The van der Waals surface area contributed by atoms with Crippen molar-refractivity contribution < 1.29 is 0 Å². The van der Waals surface area contributed by atoms with Crippen molar-refractivity contribution in [3.05, 3.63) is 155 Å². The zero-order valence-electron chi connectivity index (χ0n) is 40.0. The highest BCUT2D eigenvalue weighted by atomic mass is 14.4. The first kappa shape index (κ1) is 40.1. The van der Waals surface area contributed by atoms with Crippen molar-refractivity contribution in [1.29, 1.82) is 0 Å². The van der Waals surface area contributed by atoms with E-state index in [0.29, 0.717) is 0 Å². The quantitative estimate of drug-likeness (QED) is 0.152. The Morgan fingerprint density at radius 2 is 0.730 bits per heavy atom. The smallest absolute Gasteiger partial charge is 0.0159 e. The number of benzene rings is 10. The van der Waals surface area contributed by atoms with Crippen LogP contribution in [0.3, 0.4) is 0 Å². The Balaban J connectivity index is 1.11. The van der Waals surface area contributed by atoms with Crippen molar-refractivity contribution in [2.45, 2.75) is 124 Å². The molecule has 63 heavy (non-hydrogen) atoms. The van der Waals surface area contributed by atoms with Crippen molar-refractivity contribution >= 4 is 64.6 Å². The van der Waals surface area contributed by atoms with E-state index >= 15 is 0 Å². The summed E-state index contributed by atoms with van der Waals surface area (Å²) >= 11 is 0. The van der Waals surface area contributed by atoms with Crippen molar-refractivity contribution in [3.63, 3.8) is 0 Å². The summed E-state index contributed by atoms with van der Waals surface area (Å²) < 4.78 is 0. The Morgan fingerprint density at radius 1 is 0.317 bits per heavy atom. The SMILES string of the molecule is CC(C)(C)c1cc2ccc3cc(C(C)(C)C)cc4c(-c5ccc6c(c5)C(C)(C)c5cc(-c7c(C(C)(C)C)cc8ccc9cc(C(C)(C)C)cc%10ccc7c8c9%10)ccc5-6)cc(c1)c2c34. The summed E-state index contributed by atoms with van der Waals surface area (Å²) in [5, 5.41) is 16.3. The minimum Gasteiger partial charge on any atom is -0.0561 e. The van der Waals surface area contributed by atoms with E-state index in [1.165, 1.54) is 131 Å². The highest BCUT2D eigenvalue weighted by Gasteiger charge is 2.37. The van der Waals surface area contributed by atoms with E-state index in [1.54, 1.807) is 0 Å². The molecule has 0 N–H and O–H groups in total. The Hall–Kier alpha value is -5.72. The van der Waals surface area contributed by atoms with Gasteiger partial charge in [0.1, 0.15) is 0 Å². The average molecular weight is 819 g/mol. The maximum absolute atomic E-state index is 2.55. The van der Waals surface area contributed by atoms with Gasteiger partial charge in [-0.2, -0.15) is 0 Å². The van der Waals surface area contributed by atoms with E-state index in [0.717, 1.165) is 0 Å². The van der Waals surface area contributed by atoms with Crippen molar-refractivity contribution in [1.82, 2.24) is 0 Å². The van der Waals surface area contributed by atoms with Crippen molar-refractivity contribution in [2.75, 3.05) is 0 Å². The fourth-order valence-corrected chi connectivity index (χ4v) is 11.3. The average Bonchev–Trinajstić information content (AvgIpc) is 3.44. The van der Waals surface area contributed by atoms with Crippen LogP contribution in [0.2, 0.25) is 0 Å². The van der Waals surface area contributed by atoms with Crippen LogP contribution in [0.4, 0.5) is 0 Å². The van der Waals surface area contributed by atoms with Gasteiger partial charge < -0.3 is 0 Å². The molecule has 10 aromatic carbocycles. The number of hydrogen-bond donors (Lipinski definition) is 0. The summed E-state index contributed by atoms with van der Waals surface area (Å²) in [4.78, 5) is 0. The van der Waals surface area contributed by atoms with Gasteiger partial charge in [0.2, 0.25) is 0 Å². The first-order chi connectivity index (χ1) is 29.5. The highest BCUT2D eigenvalue weighted by Crippen LogP contribution is 2.54. The molecule has 11 rings (SSSR count). The lowest BCUT2D eigenvalue weighted by Gasteiger charge is -2.28. The fourth-order valence-electron chi connectivity index (χ4n) is 11.3. The van der Waals surface area contributed by atoms with Gasteiger partial charge in [0, 0.05) is 5.41 Å². The Bertz CT molecular complexity index is 3520. The molecule has 1 aliphatic rings. The summed E-state index contributed by atoms with van der Waals surface area (Å²) in [7, 11) is 0. The van der Waals surface area contributed by atoms with Gasteiger partial charge in [-0.25, -0.2) is 0 Å². The zero-order chi connectivity index (χ0) is 44.5. The molecular weight excluding hydrogens is 757 g/mol. The zero-order valence-corrected chi connectivity index (χ0v) is 40.0. The third-order valence-electron chi connectivity index (χ3n) is 15.1. The molecule has 314 valence electrons. The third-order valence-corrected chi connectivity index (χ3v) is 15.1. The second kappa shape index (κ2) is 12.7. The molecule has 0 bridgehead atoms. The summed E-state index contributed by atoms with van der Waals surface area (Å²) in [5.41, 5.74) is 16.3. The van der Waals surface area contributed by atoms with Crippen LogP contribution in [0.15, 0.2) is 121 Å². The molecule has 0 saturated carbocycles. The van der Waals surface area contributed by atoms with Crippen LogP contribution < -0.4 is 0 Å². The van der Waals surface area contributed by atoms with Gasteiger partial charge in [0.15, 0.2) is 0 Å². The highest BCUT2D eigenvalue weighted by molar-refractivity contribution is 6.28. The largest absolute Gasteiger partial charge is 0.0561 e. The van der Waals surface area contributed by atoms with E-state index in [4.69, 9.17) is 0 Å². The molecule has 0 radical (unpaired) electrons. The molecular formula is C63H62. The Kier molecular flexibility index (Phi) is 8.09. The van der Waals surface area contributed by atoms with Gasteiger partial charge in [0.25, 0.3) is 0 Å². The minimum absolute atomic E-state index is 0.0255. The summed E-state index contributed by atoms with van der Waals surface area (Å²) in [5.74, 6) is 0. The Morgan fingerprint density at radius 3 is 1.25 bits per heavy atom.